The van der Waals surface area contributed by atoms with Crippen molar-refractivity contribution in [2.75, 3.05) is 44.8 Å². The summed E-state index contributed by atoms with van der Waals surface area (Å²) in [5, 5.41) is 0. The number of hydrogen-bond acceptors (Lipinski definition) is 6. The van der Waals surface area contributed by atoms with Crippen molar-refractivity contribution in [2.45, 2.75) is 0 Å². The Kier molecular flexibility index (Phi) is 5.33. The average molecular weight is 394 g/mol. The molecule has 1 aromatic carbocycles. The number of esters is 1. The molecule has 0 unspecified atom stereocenters. The lowest BCUT2D eigenvalue weighted by molar-refractivity contribution is -0.134. The van der Waals surface area contributed by atoms with E-state index in [9.17, 15) is 9.59 Å². The maximum Gasteiger partial charge on any atom is 0.359 e. The summed E-state index contributed by atoms with van der Waals surface area (Å²) < 4.78 is 12.1. The number of methoxy groups -OCH3 is 1. The second kappa shape index (κ2) is 8.22. The summed E-state index contributed by atoms with van der Waals surface area (Å²) in [6.45, 7) is 2.32. The van der Waals surface area contributed by atoms with Crippen LogP contribution in [0.4, 0.5) is 5.69 Å². The molecule has 1 aliphatic rings. The van der Waals surface area contributed by atoms with Crippen molar-refractivity contribution in [1.29, 1.82) is 0 Å². The summed E-state index contributed by atoms with van der Waals surface area (Å²) in [5.41, 5.74) is 1.94. The van der Waals surface area contributed by atoms with Gasteiger partial charge in [0.1, 0.15) is 11.4 Å². The van der Waals surface area contributed by atoms with Gasteiger partial charge in [0.25, 0.3) is 5.91 Å². The summed E-state index contributed by atoms with van der Waals surface area (Å²) in [6.07, 6.45) is 3.39. The molecule has 1 saturated heterocycles. The molecule has 0 bridgehead atoms. The third-order valence-electron chi connectivity index (χ3n) is 4.97. The van der Waals surface area contributed by atoms with E-state index in [4.69, 9.17) is 9.47 Å². The van der Waals surface area contributed by atoms with Crippen molar-refractivity contribution in [3.63, 3.8) is 0 Å². The van der Waals surface area contributed by atoms with Crippen LogP contribution >= 0.6 is 0 Å². The van der Waals surface area contributed by atoms with Gasteiger partial charge in [0.05, 0.1) is 7.11 Å². The van der Waals surface area contributed by atoms with Crippen LogP contribution in [0, 0.1) is 0 Å². The number of anilines is 1. The molecular weight excluding hydrogens is 372 g/mol. The Hall–Kier alpha value is -3.55. The van der Waals surface area contributed by atoms with Crippen LogP contribution in [-0.2, 0) is 9.53 Å². The SMILES string of the molecule is COc1ccc(N2CCN(C(=O)COC(=O)c3cn4ccccc4n3)CC2)cc1. The molecule has 29 heavy (non-hydrogen) atoms. The summed E-state index contributed by atoms with van der Waals surface area (Å²) in [6, 6.07) is 13.3. The maximum atomic E-state index is 12.4. The maximum absolute atomic E-state index is 12.4. The third-order valence-corrected chi connectivity index (χ3v) is 4.97. The van der Waals surface area contributed by atoms with E-state index in [0.29, 0.717) is 18.7 Å². The predicted octanol–water partition coefficient (Wildman–Crippen LogP) is 1.85. The number of rotatable bonds is 5. The Morgan fingerprint density at radius 1 is 1.03 bits per heavy atom. The molecule has 1 aliphatic heterocycles. The number of nitrogens with zero attached hydrogens (tertiary/aromatic N) is 4. The zero-order valence-corrected chi connectivity index (χ0v) is 16.2. The van der Waals surface area contributed by atoms with Gasteiger partial charge in [-0.1, -0.05) is 6.07 Å². The molecule has 0 atom stereocenters. The molecule has 3 heterocycles. The van der Waals surface area contributed by atoms with Gasteiger partial charge in [-0.2, -0.15) is 0 Å². The molecule has 8 heteroatoms. The van der Waals surface area contributed by atoms with E-state index in [1.54, 1.807) is 34.9 Å². The lowest BCUT2D eigenvalue weighted by Gasteiger charge is -2.36. The zero-order chi connectivity index (χ0) is 20.2. The molecule has 0 spiro atoms. The van der Waals surface area contributed by atoms with E-state index < -0.39 is 5.97 Å². The van der Waals surface area contributed by atoms with Gasteiger partial charge in [-0.05, 0) is 36.4 Å². The minimum absolute atomic E-state index is 0.188. The summed E-state index contributed by atoms with van der Waals surface area (Å²) in [7, 11) is 1.64. The van der Waals surface area contributed by atoms with Crippen LogP contribution in [0.15, 0.2) is 54.9 Å². The molecule has 4 rings (SSSR count). The van der Waals surface area contributed by atoms with Crippen molar-refractivity contribution >= 4 is 23.2 Å². The Morgan fingerprint density at radius 3 is 2.48 bits per heavy atom. The number of imidazole rings is 1. The Balaban J connectivity index is 1.27. The fraction of sp³-hybridized carbons (Fsp3) is 0.286. The number of fused-ring (bicyclic) bond motifs is 1. The van der Waals surface area contributed by atoms with E-state index >= 15 is 0 Å². The number of piperazine rings is 1. The van der Waals surface area contributed by atoms with Crippen molar-refractivity contribution < 1.29 is 19.1 Å². The highest BCUT2D eigenvalue weighted by Gasteiger charge is 2.23. The van der Waals surface area contributed by atoms with Gasteiger partial charge in [-0.15, -0.1) is 0 Å². The first-order valence-corrected chi connectivity index (χ1v) is 9.42. The molecule has 2 aromatic heterocycles. The highest BCUT2D eigenvalue weighted by Crippen LogP contribution is 2.20. The standard InChI is InChI=1S/C21H22N4O4/c1-28-17-7-5-16(6-8-17)23-10-12-24(13-11-23)20(26)15-29-21(27)18-14-25-9-3-2-4-19(25)22-18/h2-9,14H,10-13,15H2,1H3. The fourth-order valence-electron chi connectivity index (χ4n) is 3.33. The van der Waals surface area contributed by atoms with Crippen molar-refractivity contribution in [3.8, 4) is 5.75 Å². The highest BCUT2D eigenvalue weighted by molar-refractivity contribution is 5.90. The number of amides is 1. The van der Waals surface area contributed by atoms with Crippen LogP contribution in [0.2, 0.25) is 0 Å². The second-order valence-electron chi connectivity index (χ2n) is 6.73. The van der Waals surface area contributed by atoms with Gasteiger partial charge in [0, 0.05) is 44.3 Å². The topological polar surface area (TPSA) is 76.4 Å². The lowest BCUT2D eigenvalue weighted by atomic mass is 10.2. The van der Waals surface area contributed by atoms with Gasteiger partial charge in [0.15, 0.2) is 12.3 Å². The zero-order valence-electron chi connectivity index (χ0n) is 16.2. The minimum atomic E-state index is -0.598. The number of benzene rings is 1. The molecule has 1 fully saturated rings. The normalized spacial score (nSPS) is 14.1. The van der Waals surface area contributed by atoms with Gasteiger partial charge in [-0.3, -0.25) is 4.79 Å². The first-order valence-electron chi connectivity index (χ1n) is 9.42. The molecule has 0 radical (unpaired) electrons. The number of pyridine rings is 1. The van der Waals surface area contributed by atoms with Crippen molar-refractivity contribution in [3.05, 3.63) is 60.6 Å². The predicted molar refractivity (Wildman–Crippen MR) is 107 cm³/mol. The van der Waals surface area contributed by atoms with Gasteiger partial charge in [-0.25, -0.2) is 9.78 Å². The monoisotopic (exact) mass is 394 g/mol. The van der Waals surface area contributed by atoms with E-state index in [1.807, 2.05) is 36.4 Å². The van der Waals surface area contributed by atoms with Gasteiger partial charge >= 0.3 is 5.97 Å². The number of hydrogen-bond donors (Lipinski definition) is 0. The second-order valence-corrected chi connectivity index (χ2v) is 6.73. The highest BCUT2D eigenvalue weighted by atomic mass is 16.5. The van der Waals surface area contributed by atoms with Crippen molar-refractivity contribution in [1.82, 2.24) is 14.3 Å². The molecule has 8 nitrogen and oxygen atoms in total. The molecule has 0 saturated carbocycles. The van der Waals surface area contributed by atoms with E-state index in [-0.39, 0.29) is 18.2 Å². The quantitative estimate of drug-likeness (QED) is 0.615. The minimum Gasteiger partial charge on any atom is -0.497 e. The number of carbonyl (C=O) groups is 2. The van der Waals surface area contributed by atoms with Crippen molar-refractivity contribution in [2.24, 2.45) is 0 Å². The number of carbonyl (C=O) groups excluding carboxylic acids is 2. The van der Waals surface area contributed by atoms with Crippen LogP contribution in [0.5, 0.6) is 5.75 Å². The molecule has 150 valence electrons. The Bertz CT molecular complexity index is 974. The van der Waals surface area contributed by atoms with Crippen LogP contribution in [-0.4, -0.2) is 66.1 Å². The smallest absolute Gasteiger partial charge is 0.359 e. The van der Waals surface area contributed by atoms with Crippen LogP contribution < -0.4 is 9.64 Å². The molecule has 1 amide bonds. The molecule has 3 aromatic rings. The van der Waals surface area contributed by atoms with Crippen LogP contribution in [0.1, 0.15) is 10.5 Å². The Morgan fingerprint density at radius 2 is 1.79 bits per heavy atom. The van der Waals surface area contributed by atoms with Gasteiger partial charge in [0.2, 0.25) is 0 Å². The van der Waals surface area contributed by atoms with Gasteiger partial charge < -0.3 is 23.7 Å². The average Bonchev–Trinajstić information content (AvgIpc) is 3.22. The van der Waals surface area contributed by atoms with E-state index in [1.165, 1.54) is 0 Å². The van der Waals surface area contributed by atoms with E-state index in [0.717, 1.165) is 24.5 Å². The van der Waals surface area contributed by atoms with Crippen LogP contribution in [0.3, 0.4) is 0 Å². The number of aromatic nitrogens is 2. The first kappa shape index (κ1) is 18.8. The first-order chi connectivity index (χ1) is 14.1. The van der Waals surface area contributed by atoms with Crippen LogP contribution in [0.25, 0.3) is 5.65 Å². The molecule has 0 aliphatic carbocycles. The number of ether oxygens (including phenoxy) is 2. The van der Waals surface area contributed by atoms with E-state index in [2.05, 4.69) is 9.88 Å². The summed E-state index contributed by atoms with van der Waals surface area (Å²) in [4.78, 5) is 32.8. The summed E-state index contributed by atoms with van der Waals surface area (Å²) >= 11 is 0. The Labute approximate surface area is 168 Å². The molecule has 0 N–H and O–H groups in total. The fourth-order valence-corrected chi connectivity index (χ4v) is 3.33. The summed E-state index contributed by atoms with van der Waals surface area (Å²) in [5.74, 6) is 0.0189. The molecular formula is C21H22N4O4. The largest absolute Gasteiger partial charge is 0.497 e. The third kappa shape index (κ3) is 4.16. The lowest BCUT2D eigenvalue weighted by Crippen LogP contribution is -2.49.